The molecule has 0 aromatic carbocycles. The van der Waals surface area contributed by atoms with Crippen LogP contribution in [0, 0.1) is 6.92 Å². The molecule has 1 unspecified atom stereocenters. The lowest BCUT2D eigenvalue weighted by Crippen LogP contribution is -2.36. The first-order valence-corrected chi connectivity index (χ1v) is 6.72. The number of hydrogen-bond acceptors (Lipinski definition) is 3. The quantitative estimate of drug-likeness (QED) is 0.790. The highest BCUT2D eigenvalue weighted by Crippen LogP contribution is 2.26. The van der Waals surface area contributed by atoms with Crippen LogP contribution >= 0.6 is 0 Å². The number of rotatable bonds is 1. The van der Waals surface area contributed by atoms with Crippen LogP contribution in [0.2, 0.25) is 0 Å². The lowest BCUT2D eigenvalue weighted by molar-refractivity contribution is 0.198. The molecule has 4 heteroatoms. The molecule has 0 amide bonds. The minimum absolute atomic E-state index is 0.580. The number of piperidine rings is 1. The maximum atomic E-state index is 4.80. The Morgan fingerprint density at radius 1 is 1.41 bits per heavy atom. The zero-order valence-corrected chi connectivity index (χ0v) is 10.9. The minimum atomic E-state index is 0.580. The van der Waals surface area contributed by atoms with Crippen molar-refractivity contribution >= 4 is 0 Å². The summed E-state index contributed by atoms with van der Waals surface area (Å²) in [4.78, 5) is 2.42. The van der Waals surface area contributed by atoms with Gasteiger partial charge in [-0.15, -0.1) is 0 Å². The molecule has 0 saturated carbocycles. The Kier molecular flexibility index (Phi) is 2.92. The van der Waals surface area contributed by atoms with Crippen molar-refractivity contribution in [2.45, 2.75) is 38.8 Å². The third-order valence-corrected chi connectivity index (χ3v) is 4.11. The summed E-state index contributed by atoms with van der Waals surface area (Å²) in [5, 5.41) is 8.27. The third kappa shape index (κ3) is 2.00. The first kappa shape index (κ1) is 11.2. The van der Waals surface area contributed by atoms with Gasteiger partial charge in [-0.3, -0.25) is 4.68 Å². The predicted octanol–water partition coefficient (Wildman–Crippen LogP) is 1.10. The van der Waals surface area contributed by atoms with E-state index in [1.807, 2.05) is 0 Å². The first-order chi connectivity index (χ1) is 8.25. The standard InChI is InChI=1S/C13H22N4/c1-10-12-5-6-14-8-13(12)17(15-10)11-4-3-7-16(2)9-11/h11,14H,3-9H2,1-2H3. The molecule has 1 aromatic rings. The largest absolute Gasteiger partial charge is 0.311 e. The Balaban J connectivity index is 1.91. The molecule has 2 aliphatic heterocycles. The number of nitrogens with zero attached hydrogens (tertiary/aromatic N) is 3. The first-order valence-electron chi connectivity index (χ1n) is 6.72. The van der Waals surface area contributed by atoms with Crippen molar-refractivity contribution in [3.05, 3.63) is 17.0 Å². The Hall–Kier alpha value is -0.870. The predicted molar refractivity (Wildman–Crippen MR) is 68.1 cm³/mol. The van der Waals surface area contributed by atoms with Crippen molar-refractivity contribution in [3.63, 3.8) is 0 Å². The second-order valence-corrected chi connectivity index (χ2v) is 5.44. The SMILES string of the molecule is Cc1nn(C2CCCN(C)C2)c2c1CCNC2. The van der Waals surface area contributed by atoms with Crippen molar-refractivity contribution in [3.8, 4) is 0 Å². The topological polar surface area (TPSA) is 33.1 Å². The molecule has 94 valence electrons. The molecule has 17 heavy (non-hydrogen) atoms. The zero-order valence-electron chi connectivity index (χ0n) is 10.9. The van der Waals surface area contributed by atoms with Crippen LogP contribution in [0.3, 0.4) is 0 Å². The van der Waals surface area contributed by atoms with E-state index in [0.717, 1.165) is 26.1 Å². The summed E-state index contributed by atoms with van der Waals surface area (Å²) >= 11 is 0. The van der Waals surface area contributed by atoms with Crippen molar-refractivity contribution in [1.29, 1.82) is 0 Å². The van der Waals surface area contributed by atoms with E-state index < -0.39 is 0 Å². The van der Waals surface area contributed by atoms with E-state index in [9.17, 15) is 0 Å². The number of fused-ring (bicyclic) bond motifs is 1. The number of likely N-dealkylation sites (N-methyl/N-ethyl adjacent to an activating group) is 1. The molecule has 0 aliphatic carbocycles. The highest BCUT2D eigenvalue weighted by Gasteiger charge is 2.25. The van der Waals surface area contributed by atoms with Gasteiger partial charge in [0.25, 0.3) is 0 Å². The summed E-state index contributed by atoms with van der Waals surface area (Å²) in [6.07, 6.45) is 3.71. The normalized spacial score (nSPS) is 25.9. The summed E-state index contributed by atoms with van der Waals surface area (Å²) in [7, 11) is 2.22. The van der Waals surface area contributed by atoms with Crippen LogP contribution in [-0.2, 0) is 13.0 Å². The molecule has 3 heterocycles. The minimum Gasteiger partial charge on any atom is -0.311 e. The zero-order chi connectivity index (χ0) is 11.8. The number of hydrogen-bond donors (Lipinski definition) is 1. The van der Waals surface area contributed by atoms with E-state index in [4.69, 9.17) is 5.10 Å². The van der Waals surface area contributed by atoms with Crippen molar-refractivity contribution in [2.24, 2.45) is 0 Å². The van der Waals surface area contributed by atoms with Gasteiger partial charge >= 0.3 is 0 Å². The van der Waals surface area contributed by atoms with Gasteiger partial charge in [-0.05, 0) is 51.9 Å². The van der Waals surface area contributed by atoms with Crippen LogP contribution in [0.5, 0.6) is 0 Å². The van der Waals surface area contributed by atoms with E-state index >= 15 is 0 Å². The van der Waals surface area contributed by atoms with E-state index in [1.54, 1.807) is 0 Å². The van der Waals surface area contributed by atoms with Crippen LogP contribution in [-0.4, -0.2) is 41.4 Å². The van der Waals surface area contributed by atoms with Gasteiger partial charge < -0.3 is 10.2 Å². The molecular formula is C13H22N4. The average molecular weight is 234 g/mol. The van der Waals surface area contributed by atoms with Crippen LogP contribution in [0.25, 0.3) is 0 Å². The summed E-state index contributed by atoms with van der Waals surface area (Å²) < 4.78 is 2.31. The van der Waals surface area contributed by atoms with E-state index in [-0.39, 0.29) is 0 Å². The van der Waals surface area contributed by atoms with Crippen LogP contribution in [0.1, 0.15) is 35.8 Å². The third-order valence-electron chi connectivity index (χ3n) is 4.11. The smallest absolute Gasteiger partial charge is 0.0650 e. The molecule has 1 saturated heterocycles. The molecule has 4 nitrogen and oxygen atoms in total. The molecule has 2 aliphatic rings. The Morgan fingerprint density at radius 3 is 3.12 bits per heavy atom. The molecule has 0 radical (unpaired) electrons. The maximum absolute atomic E-state index is 4.80. The molecule has 1 N–H and O–H groups in total. The highest BCUT2D eigenvalue weighted by atomic mass is 15.3. The van der Waals surface area contributed by atoms with Gasteiger partial charge in [-0.2, -0.15) is 5.10 Å². The van der Waals surface area contributed by atoms with E-state index in [1.165, 1.54) is 36.3 Å². The Bertz CT molecular complexity index is 410. The molecular weight excluding hydrogens is 212 g/mol. The van der Waals surface area contributed by atoms with Gasteiger partial charge in [0, 0.05) is 13.1 Å². The molecule has 0 spiro atoms. The van der Waals surface area contributed by atoms with Crippen LogP contribution in [0.4, 0.5) is 0 Å². The Labute approximate surface area is 103 Å². The summed E-state index contributed by atoms with van der Waals surface area (Å²) in [6.45, 7) is 6.64. The van der Waals surface area contributed by atoms with Crippen molar-refractivity contribution in [2.75, 3.05) is 26.7 Å². The van der Waals surface area contributed by atoms with Gasteiger partial charge in [0.05, 0.1) is 17.4 Å². The molecule has 3 rings (SSSR count). The number of aryl methyl sites for hydroxylation is 1. The van der Waals surface area contributed by atoms with Gasteiger partial charge in [-0.25, -0.2) is 0 Å². The monoisotopic (exact) mass is 234 g/mol. The fourth-order valence-corrected chi connectivity index (χ4v) is 3.20. The van der Waals surface area contributed by atoms with Gasteiger partial charge in [-0.1, -0.05) is 0 Å². The molecule has 1 atom stereocenters. The van der Waals surface area contributed by atoms with Crippen molar-refractivity contribution in [1.82, 2.24) is 20.0 Å². The van der Waals surface area contributed by atoms with Crippen molar-refractivity contribution < 1.29 is 0 Å². The number of nitrogens with one attached hydrogen (secondary N) is 1. The summed E-state index contributed by atoms with van der Waals surface area (Å²) in [5.74, 6) is 0. The summed E-state index contributed by atoms with van der Waals surface area (Å²) in [5.41, 5.74) is 4.18. The van der Waals surface area contributed by atoms with Gasteiger partial charge in [0.2, 0.25) is 0 Å². The molecule has 1 aromatic heterocycles. The second-order valence-electron chi connectivity index (χ2n) is 5.44. The maximum Gasteiger partial charge on any atom is 0.0650 e. The lowest BCUT2D eigenvalue weighted by Gasteiger charge is -2.31. The van der Waals surface area contributed by atoms with Gasteiger partial charge in [0.1, 0.15) is 0 Å². The van der Waals surface area contributed by atoms with E-state index in [0.29, 0.717) is 6.04 Å². The molecule has 0 bridgehead atoms. The molecule has 1 fully saturated rings. The fraction of sp³-hybridized carbons (Fsp3) is 0.769. The Morgan fingerprint density at radius 2 is 2.29 bits per heavy atom. The number of aromatic nitrogens is 2. The van der Waals surface area contributed by atoms with Gasteiger partial charge in [0.15, 0.2) is 0 Å². The van der Waals surface area contributed by atoms with Crippen LogP contribution in [0.15, 0.2) is 0 Å². The highest BCUT2D eigenvalue weighted by molar-refractivity contribution is 5.28. The number of likely N-dealkylation sites (tertiary alicyclic amines) is 1. The fourth-order valence-electron chi connectivity index (χ4n) is 3.20. The second kappa shape index (κ2) is 4.42. The average Bonchev–Trinajstić information content (AvgIpc) is 2.68. The van der Waals surface area contributed by atoms with Crippen LogP contribution < -0.4 is 5.32 Å². The van der Waals surface area contributed by atoms with E-state index in [2.05, 4.69) is 28.9 Å². The summed E-state index contributed by atoms with van der Waals surface area (Å²) in [6, 6.07) is 0.580. The lowest BCUT2D eigenvalue weighted by atomic mass is 10.0.